The van der Waals surface area contributed by atoms with E-state index in [4.69, 9.17) is 4.74 Å². The summed E-state index contributed by atoms with van der Waals surface area (Å²) in [5, 5.41) is 0. The zero-order chi connectivity index (χ0) is 20.5. The van der Waals surface area contributed by atoms with Gasteiger partial charge in [-0.25, -0.2) is 8.42 Å². The number of amides is 1. The van der Waals surface area contributed by atoms with E-state index in [1.54, 1.807) is 17.0 Å². The summed E-state index contributed by atoms with van der Waals surface area (Å²) in [7, 11) is 0.329. The van der Waals surface area contributed by atoms with Crippen LogP contribution >= 0.6 is 0 Å². The lowest BCUT2D eigenvalue weighted by Gasteiger charge is -2.35. The third-order valence-corrected chi connectivity index (χ3v) is 7.53. The molecule has 0 aliphatic carbocycles. The summed E-state index contributed by atoms with van der Waals surface area (Å²) in [5.74, 6) is -0.0629. The van der Waals surface area contributed by atoms with Gasteiger partial charge >= 0.3 is 0 Å². The van der Waals surface area contributed by atoms with Gasteiger partial charge in [0.1, 0.15) is 0 Å². The fraction of sp³-hybridized carbons (Fsp3) is 0.650. The van der Waals surface area contributed by atoms with Crippen molar-refractivity contribution in [3.8, 4) is 0 Å². The van der Waals surface area contributed by atoms with Gasteiger partial charge in [0, 0.05) is 31.7 Å². The van der Waals surface area contributed by atoms with Crippen LogP contribution in [0.5, 0.6) is 0 Å². The molecule has 2 atom stereocenters. The Morgan fingerprint density at radius 2 is 1.61 bits per heavy atom. The number of sulfonamides is 1. The number of hydrogen-bond acceptors (Lipinski definition) is 5. The summed E-state index contributed by atoms with van der Waals surface area (Å²) in [6.07, 6.45) is 1.64. The second kappa shape index (κ2) is 8.49. The van der Waals surface area contributed by atoms with Crippen LogP contribution in [0.1, 0.15) is 37.0 Å². The number of morpholine rings is 1. The van der Waals surface area contributed by atoms with Crippen LogP contribution in [0.3, 0.4) is 0 Å². The number of piperidine rings is 1. The Hall–Kier alpha value is -1.48. The zero-order valence-corrected chi connectivity index (χ0v) is 18.0. The van der Waals surface area contributed by atoms with E-state index < -0.39 is 10.0 Å². The van der Waals surface area contributed by atoms with Crippen LogP contribution in [-0.2, 0) is 14.8 Å². The molecule has 2 fully saturated rings. The summed E-state index contributed by atoms with van der Waals surface area (Å²) in [5.41, 5.74) is 0.518. The number of hydrogen-bond donors (Lipinski definition) is 0. The molecule has 0 N–H and O–H groups in total. The van der Waals surface area contributed by atoms with E-state index in [1.807, 2.05) is 20.9 Å². The fourth-order valence-electron chi connectivity index (χ4n) is 4.00. The van der Waals surface area contributed by atoms with Crippen LogP contribution < -0.4 is 0 Å². The Kier molecular flexibility index (Phi) is 6.44. The van der Waals surface area contributed by atoms with Crippen LogP contribution in [0, 0.1) is 0 Å². The Morgan fingerprint density at radius 1 is 1.07 bits per heavy atom. The first-order valence-electron chi connectivity index (χ1n) is 9.90. The molecule has 7 nitrogen and oxygen atoms in total. The van der Waals surface area contributed by atoms with Gasteiger partial charge in [0.25, 0.3) is 5.91 Å². The van der Waals surface area contributed by atoms with Crippen molar-refractivity contribution in [3.63, 3.8) is 0 Å². The lowest BCUT2D eigenvalue weighted by atomic mass is 10.0. The highest BCUT2D eigenvalue weighted by molar-refractivity contribution is 7.89. The van der Waals surface area contributed by atoms with Gasteiger partial charge in [-0.05, 0) is 71.1 Å². The van der Waals surface area contributed by atoms with Gasteiger partial charge < -0.3 is 14.5 Å². The van der Waals surface area contributed by atoms with E-state index in [2.05, 4.69) is 11.9 Å². The molecule has 3 rings (SSSR count). The molecule has 0 bridgehead atoms. The summed E-state index contributed by atoms with van der Waals surface area (Å²) in [6, 6.07) is 6.54. The quantitative estimate of drug-likeness (QED) is 0.756. The monoisotopic (exact) mass is 409 g/mol. The largest absolute Gasteiger partial charge is 0.373 e. The number of ether oxygens (including phenoxy) is 1. The third kappa shape index (κ3) is 4.56. The number of benzene rings is 1. The van der Waals surface area contributed by atoms with E-state index in [1.165, 1.54) is 16.4 Å². The minimum absolute atomic E-state index is 0.0629. The van der Waals surface area contributed by atoms with E-state index in [-0.39, 0.29) is 29.1 Å². The molecule has 0 spiro atoms. The smallest absolute Gasteiger partial charge is 0.253 e. The molecule has 2 saturated heterocycles. The molecule has 0 aromatic heterocycles. The van der Waals surface area contributed by atoms with Gasteiger partial charge in [0.05, 0.1) is 17.1 Å². The van der Waals surface area contributed by atoms with Crippen molar-refractivity contribution in [2.24, 2.45) is 0 Å². The maximum atomic E-state index is 12.9. The predicted octanol–water partition coefficient (Wildman–Crippen LogP) is 1.65. The standard InChI is InChI=1S/C20H31N3O4S/c1-15-13-23(14-16(2)27-15)28(25,26)19-7-5-17(6-8-19)20(24)22(4)18-9-11-21(3)12-10-18/h5-8,15-16,18H,9-14H2,1-4H3. The minimum atomic E-state index is -3.59. The zero-order valence-electron chi connectivity index (χ0n) is 17.2. The van der Waals surface area contributed by atoms with Gasteiger partial charge in [-0.3, -0.25) is 4.79 Å². The second-order valence-electron chi connectivity index (χ2n) is 8.05. The van der Waals surface area contributed by atoms with Crippen molar-refractivity contribution in [2.75, 3.05) is 40.3 Å². The van der Waals surface area contributed by atoms with E-state index >= 15 is 0 Å². The minimum Gasteiger partial charge on any atom is -0.373 e. The number of carbonyl (C=O) groups is 1. The van der Waals surface area contributed by atoms with Crippen LogP contribution in [0.25, 0.3) is 0 Å². The van der Waals surface area contributed by atoms with Gasteiger partial charge in [-0.1, -0.05) is 0 Å². The molecule has 1 aromatic rings. The van der Waals surface area contributed by atoms with Crippen LogP contribution in [0.2, 0.25) is 0 Å². The van der Waals surface area contributed by atoms with Crippen LogP contribution in [0.15, 0.2) is 29.2 Å². The fourth-order valence-corrected chi connectivity index (χ4v) is 5.59. The van der Waals surface area contributed by atoms with Gasteiger partial charge in [-0.2, -0.15) is 4.31 Å². The molecule has 0 radical (unpaired) electrons. The first-order chi connectivity index (χ1) is 13.2. The number of carbonyl (C=O) groups excluding carboxylic acids is 1. The Bertz CT molecular complexity index is 778. The Balaban J connectivity index is 1.71. The first-order valence-corrected chi connectivity index (χ1v) is 11.3. The molecule has 28 heavy (non-hydrogen) atoms. The van der Waals surface area contributed by atoms with E-state index in [9.17, 15) is 13.2 Å². The first kappa shape index (κ1) is 21.2. The molecule has 156 valence electrons. The van der Waals surface area contributed by atoms with Gasteiger partial charge in [0.15, 0.2) is 0 Å². The average Bonchev–Trinajstić information content (AvgIpc) is 2.67. The molecule has 1 aromatic carbocycles. The summed E-state index contributed by atoms with van der Waals surface area (Å²) in [6.45, 7) is 6.39. The summed E-state index contributed by atoms with van der Waals surface area (Å²) in [4.78, 5) is 17.1. The molecular formula is C20H31N3O4S. The highest BCUT2D eigenvalue weighted by Gasteiger charge is 2.32. The molecule has 2 aliphatic heterocycles. The van der Waals surface area contributed by atoms with Crippen molar-refractivity contribution in [2.45, 2.75) is 49.8 Å². The van der Waals surface area contributed by atoms with E-state index in [0.29, 0.717) is 18.7 Å². The van der Waals surface area contributed by atoms with Gasteiger partial charge in [0.2, 0.25) is 10.0 Å². The molecule has 2 heterocycles. The predicted molar refractivity (Wildman–Crippen MR) is 108 cm³/mol. The SMILES string of the molecule is CC1CN(S(=O)(=O)c2ccc(C(=O)N(C)C3CCN(C)CC3)cc2)CC(C)O1. The summed E-state index contributed by atoms with van der Waals surface area (Å²) >= 11 is 0. The maximum absolute atomic E-state index is 12.9. The topological polar surface area (TPSA) is 70.2 Å². The summed E-state index contributed by atoms with van der Waals surface area (Å²) < 4.78 is 33.0. The molecule has 1 amide bonds. The maximum Gasteiger partial charge on any atom is 0.253 e. The second-order valence-corrected chi connectivity index (χ2v) is 9.99. The Morgan fingerprint density at radius 3 is 2.14 bits per heavy atom. The third-order valence-electron chi connectivity index (χ3n) is 5.68. The number of rotatable bonds is 4. The molecular weight excluding hydrogens is 378 g/mol. The van der Waals surface area contributed by atoms with Gasteiger partial charge in [-0.15, -0.1) is 0 Å². The molecule has 2 aliphatic rings. The average molecular weight is 410 g/mol. The molecule has 8 heteroatoms. The van der Waals surface area contributed by atoms with E-state index in [0.717, 1.165) is 25.9 Å². The van der Waals surface area contributed by atoms with Crippen LogP contribution in [-0.4, -0.2) is 87.0 Å². The molecule has 0 saturated carbocycles. The van der Waals surface area contributed by atoms with Crippen molar-refractivity contribution in [1.29, 1.82) is 0 Å². The Labute approximate surface area is 168 Å². The van der Waals surface area contributed by atoms with Crippen molar-refractivity contribution in [3.05, 3.63) is 29.8 Å². The highest BCUT2D eigenvalue weighted by Crippen LogP contribution is 2.22. The number of nitrogens with zero attached hydrogens (tertiary/aromatic N) is 3. The normalized spacial score (nSPS) is 25.6. The number of likely N-dealkylation sites (tertiary alicyclic amines) is 1. The highest BCUT2D eigenvalue weighted by atomic mass is 32.2. The van der Waals surface area contributed by atoms with Crippen molar-refractivity contribution >= 4 is 15.9 Å². The lowest BCUT2D eigenvalue weighted by Crippen LogP contribution is -2.48. The van der Waals surface area contributed by atoms with Crippen molar-refractivity contribution < 1.29 is 17.9 Å². The lowest BCUT2D eigenvalue weighted by molar-refractivity contribution is -0.0440. The van der Waals surface area contributed by atoms with Crippen molar-refractivity contribution in [1.82, 2.24) is 14.1 Å². The molecule has 2 unspecified atom stereocenters. The van der Waals surface area contributed by atoms with Crippen LogP contribution in [0.4, 0.5) is 0 Å².